The minimum atomic E-state index is -0.129. The van der Waals surface area contributed by atoms with Crippen LogP contribution in [0.5, 0.6) is 0 Å². The normalized spacial score (nSPS) is 33.9. The lowest BCUT2D eigenvalue weighted by atomic mass is 9.77. The van der Waals surface area contributed by atoms with Gasteiger partial charge >= 0.3 is 0 Å². The molecule has 0 aromatic carbocycles. The topological polar surface area (TPSA) is 41.6 Å². The molecule has 0 spiro atoms. The second kappa shape index (κ2) is 4.82. The van der Waals surface area contributed by atoms with Gasteiger partial charge in [-0.2, -0.15) is 0 Å². The maximum atomic E-state index is 12.4. The third kappa shape index (κ3) is 2.28. The summed E-state index contributed by atoms with van der Waals surface area (Å²) in [6.45, 7) is 1.82. The summed E-state index contributed by atoms with van der Waals surface area (Å²) in [5, 5.41) is 3.62. The van der Waals surface area contributed by atoms with E-state index in [1.165, 1.54) is 19.3 Å². The van der Waals surface area contributed by atoms with Crippen molar-refractivity contribution in [3.8, 4) is 0 Å². The average Bonchev–Trinajstić information content (AvgIpc) is 2.63. The Hall–Kier alpha value is -0.610. The van der Waals surface area contributed by atoms with Crippen molar-refractivity contribution in [2.45, 2.75) is 62.6 Å². The first-order chi connectivity index (χ1) is 8.71. The number of likely N-dealkylation sites (tertiary alicyclic amines) is 1. The van der Waals surface area contributed by atoms with E-state index in [4.69, 9.17) is 4.74 Å². The van der Waals surface area contributed by atoms with Crippen LogP contribution in [-0.4, -0.2) is 48.7 Å². The van der Waals surface area contributed by atoms with Gasteiger partial charge in [-0.15, -0.1) is 0 Å². The van der Waals surface area contributed by atoms with Crippen LogP contribution in [0.15, 0.2) is 0 Å². The molecule has 1 amide bonds. The number of carbonyl (C=O) groups excluding carboxylic acids is 1. The van der Waals surface area contributed by atoms with Crippen molar-refractivity contribution in [1.29, 1.82) is 0 Å². The molecule has 0 radical (unpaired) electrons. The molecule has 4 heteroatoms. The Bertz CT molecular complexity index is 322. The van der Waals surface area contributed by atoms with E-state index in [0.29, 0.717) is 24.4 Å². The molecule has 18 heavy (non-hydrogen) atoms. The highest BCUT2D eigenvalue weighted by atomic mass is 16.5. The van der Waals surface area contributed by atoms with E-state index in [2.05, 4.69) is 10.2 Å². The Kier molecular flexibility index (Phi) is 3.32. The summed E-state index contributed by atoms with van der Waals surface area (Å²) in [4.78, 5) is 14.5. The minimum absolute atomic E-state index is 0.129. The second-order valence-corrected chi connectivity index (χ2v) is 6.18. The second-order valence-electron chi connectivity index (χ2n) is 6.18. The van der Waals surface area contributed by atoms with Gasteiger partial charge in [0.05, 0.1) is 12.0 Å². The maximum Gasteiger partial charge on any atom is 0.225 e. The first-order valence-electron chi connectivity index (χ1n) is 7.30. The molecule has 4 nitrogen and oxygen atoms in total. The van der Waals surface area contributed by atoms with Crippen molar-refractivity contribution in [2.24, 2.45) is 0 Å². The van der Waals surface area contributed by atoms with Crippen LogP contribution in [0.3, 0.4) is 0 Å². The first kappa shape index (κ1) is 12.4. The maximum absolute atomic E-state index is 12.4. The fourth-order valence-corrected chi connectivity index (χ4v) is 3.58. The molecule has 0 aromatic rings. The summed E-state index contributed by atoms with van der Waals surface area (Å²) >= 11 is 0. The molecule has 2 bridgehead atoms. The monoisotopic (exact) mass is 252 g/mol. The van der Waals surface area contributed by atoms with Gasteiger partial charge < -0.3 is 15.0 Å². The van der Waals surface area contributed by atoms with Crippen LogP contribution >= 0.6 is 0 Å². The highest BCUT2D eigenvalue weighted by molar-refractivity contribution is 5.77. The van der Waals surface area contributed by atoms with Gasteiger partial charge in [0.15, 0.2) is 0 Å². The number of nitrogens with zero attached hydrogens (tertiary/aromatic N) is 1. The van der Waals surface area contributed by atoms with Crippen molar-refractivity contribution < 1.29 is 9.53 Å². The molecular weight excluding hydrogens is 228 g/mol. The number of hydrogen-bond donors (Lipinski definition) is 1. The molecule has 2 aliphatic heterocycles. The molecule has 3 fully saturated rings. The number of nitrogens with one attached hydrogen (secondary N) is 1. The van der Waals surface area contributed by atoms with E-state index in [9.17, 15) is 4.79 Å². The number of fused-ring (bicyclic) bond motifs is 2. The Morgan fingerprint density at radius 1 is 1.33 bits per heavy atom. The summed E-state index contributed by atoms with van der Waals surface area (Å²) in [5.74, 6) is 0.297. The Labute approximate surface area is 109 Å². The van der Waals surface area contributed by atoms with Gasteiger partial charge in [-0.25, -0.2) is 0 Å². The van der Waals surface area contributed by atoms with Crippen molar-refractivity contribution in [3.05, 3.63) is 0 Å². The zero-order valence-electron chi connectivity index (χ0n) is 11.3. The molecule has 2 heterocycles. The van der Waals surface area contributed by atoms with Gasteiger partial charge in [0.2, 0.25) is 5.91 Å². The molecule has 2 unspecified atom stereocenters. The van der Waals surface area contributed by atoms with Crippen molar-refractivity contribution >= 4 is 5.91 Å². The van der Waals surface area contributed by atoms with Crippen LogP contribution in [0.1, 0.15) is 44.9 Å². The largest absolute Gasteiger partial charge is 0.378 e. The quantitative estimate of drug-likeness (QED) is 0.823. The summed E-state index contributed by atoms with van der Waals surface area (Å²) < 4.78 is 5.57. The van der Waals surface area contributed by atoms with Gasteiger partial charge in [0.1, 0.15) is 0 Å². The summed E-state index contributed by atoms with van der Waals surface area (Å²) in [6, 6.07) is 1.18. The molecular formula is C14H24N2O2. The van der Waals surface area contributed by atoms with Gasteiger partial charge in [-0.1, -0.05) is 0 Å². The number of amides is 1. The average molecular weight is 252 g/mol. The van der Waals surface area contributed by atoms with Crippen LogP contribution in [0, 0.1) is 0 Å². The van der Waals surface area contributed by atoms with Crippen LogP contribution < -0.4 is 5.32 Å². The third-order valence-corrected chi connectivity index (χ3v) is 5.05. The molecule has 3 rings (SSSR count). The zero-order chi connectivity index (χ0) is 12.6. The number of hydrogen-bond acceptors (Lipinski definition) is 3. The summed E-state index contributed by atoms with van der Waals surface area (Å²) in [7, 11) is 1.75. The molecule has 0 aromatic heterocycles. The Balaban J connectivity index is 1.58. The lowest BCUT2D eigenvalue weighted by molar-refractivity contribution is -0.144. The molecule has 1 saturated carbocycles. The van der Waals surface area contributed by atoms with Crippen LogP contribution in [-0.2, 0) is 9.53 Å². The Morgan fingerprint density at radius 3 is 2.78 bits per heavy atom. The lowest BCUT2D eigenvalue weighted by Gasteiger charge is -2.41. The van der Waals surface area contributed by atoms with Crippen LogP contribution in [0.2, 0.25) is 0 Å². The van der Waals surface area contributed by atoms with E-state index < -0.39 is 0 Å². The zero-order valence-corrected chi connectivity index (χ0v) is 11.3. The van der Waals surface area contributed by atoms with Crippen LogP contribution in [0.25, 0.3) is 0 Å². The van der Waals surface area contributed by atoms with Crippen LogP contribution in [0.4, 0.5) is 0 Å². The predicted molar refractivity (Wildman–Crippen MR) is 69.4 cm³/mol. The van der Waals surface area contributed by atoms with Gasteiger partial charge in [0, 0.05) is 32.3 Å². The standard InChI is InChI=1S/C14H24N2O2/c1-18-14(6-2-7-14)9-13(17)16-8-5-11-3-4-12(10-16)15-11/h11-12,15H,2-10H2,1H3. The fourth-order valence-electron chi connectivity index (χ4n) is 3.58. The van der Waals surface area contributed by atoms with Gasteiger partial charge in [0.25, 0.3) is 0 Å². The van der Waals surface area contributed by atoms with E-state index >= 15 is 0 Å². The summed E-state index contributed by atoms with van der Waals surface area (Å²) in [6.07, 6.45) is 7.51. The van der Waals surface area contributed by atoms with Crippen molar-refractivity contribution in [3.63, 3.8) is 0 Å². The van der Waals surface area contributed by atoms with E-state index in [0.717, 1.165) is 32.4 Å². The van der Waals surface area contributed by atoms with E-state index in [1.54, 1.807) is 7.11 Å². The molecule has 102 valence electrons. The lowest BCUT2D eigenvalue weighted by Crippen LogP contribution is -2.47. The molecule has 3 aliphatic rings. The summed E-state index contributed by atoms with van der Waals surface area (Å²) in [5.41, 5.74) is -0.129. The van der Waals surface area contributed by atoms with E-state index in [-0.39, 0.29) is 5.60 Å². The molecule has 2 saturated heterocycles. The molecule has 2 atom stereocenters. The first-order valence-corrected chi connectivity index (χ1v) is 7.30. The molecule has 1 aliphatic carbocycles. The van der Waals surface area contributed by atoms with E-state index in [1.807, 2.05) is 0 Å². The predicted octanol–water partition coefficient (Wildman–Crippen LogP) is 1.30. The fraction of sp³-hybridized carbons (Fsp3) is 0.929. The van der Waals surface area contributed by atoms with Crippen molar-refractivity contribution in [2.75, 3.05) is 20.2 Å². The number of carbonyl (C=O) groups is 1. The SMILES string of the molecule is COC1(CC(=O)N2CCC3CCC(C2)N3)CCC1. The van der Waals surface area contributed by atoms with Crippen molar-refractivity contribution in [1.82, 2.24) is 10.2 Å². The highest BCUT2D eigenvalue weighted by Gasteiger charge is 2.41. The molecule has 1 N–H and O–H groups in total. The smallest absolute Gasteiger partial charge is 0.225 e. The Morgan fingerprint density at radius 2 is 2.11 bits per heavy atom. The number of rotatable bonds is 3. The van der Waals surface area contributed by atoms with Gasteiger partial charge in [-0.3, -0.25) is 4.79 Å². The van der Waals surface area contributed by atoms with Gasteiger partial charge in [-0.05, 0) is 38.5 Å². The third-order valence-electron chi connectivity index (χ3n) is 5.05. The number of ether oxygens (including phenoxy) is 1. The number of methoxy groups -OCH3 is 1. The highest BCUT2D eigenvalue weighted by Crippen LogP contribution is 2.38. The minimum Gasteiger partial charge on any atom is -0.378 e.